The first-order chi connectivity index (χ1) is 15.4. The minimum absolute atomic E-state index is 0.0276. The number of amides is 1. The molecular weight excluding hydrogens is 406 g/mol. The van der Waals surface area contributed by atoms with Gasteiger partial charge in [-0.25, -0.2) is 0 Å². The highest BCUT2D eigenvalue weighted by molar-refractivity contribution is 6.46. The number of carbonyl (C=O) groups is 3. The van der Waals surface area contributed by atoms with Gasteiger partial charge in [0.25, 0.3) is 11.7 Å². The minimum Gasteiger partial charge on any atom is -0.507 e. The Bertz CT molecular complexity index is 1250. The Morgan fingerprint density at radius 3 is 2.50 bits per heavy atom. The Labute approximate surface area is 185 Å². The van der Waals surface area contributed by atoms with Crippen LogP contribution in [-0.2, 0) is 14.4 Å². The molecule has 0 spiro atoms. The molecule has 0 radical (unpaired) electrons. The van der Waals surface area contributed by atoms with E-state index in [2.05, 4.69) is 0 Å². The van der Waals surface area contributed by atoms with Gasteiger partial charge in [-0.1, -0.05) is 61.5 Å². The van der Waals surface area contributed by atoms with E-state index in [9.17, 15) is 19.5 Å². The van der Waals surface area contributed by atoms with Crippen LogP contribution >= 0.6 is 0 Å². The molecule has 0 aromatic heterocycles. The predicted octanol–water partition coefficient (Wildman–Crippen LogP) is 4.60. The van der Waals surface area contributed by atoms with Crippen LogP contribution in [0.4, 0.5) is 0 Å². The number of benzene rings is 3. The second-order valence-electron chi connectivity index (χ2n) is 7.69. The fraction of sp³-hybridized carbons (Fsp3) is 0.192. The molecule has 1 amide bonds. The van der Waals surface area contributed by atoms with Gasteiger partial charge >= 0.3 is 5.97 Å². The summed E-state index contributed by atoms with van der Waals surface area (Å²) in [4.78, 5) is 38.9. The van der Waals surface area contributed by atoms with E-state index in [1.54, 1.807) is 36.4 Å². The van der Waals surface area contributed by atoms with Crippen LogP contribution in [0.15, 0.2) is 72.3 Å². The highest BCUT2D eigenvalue weighted by atomic mass is 16.5. The molecular formula is C26H23NO5. The van der Waals surface area contributed by atoms with Crippen LogP contribution in [0.25, 0.3) is 16.5 Å². The summed E-state index contributed by atoms with van der Waals surface area (Å²) in [5.41, 5.74) is 1.09. The van der Waals surface area contributed by atoms with Crippen molar-refractivity contribution in [3.8, 4) is 5.75 Å². The molecule has 32 heavy (non-hydrogen) atoms. The SMILES string of the molecule is CCCN1C(=O)C(=O)/C(=C(\O)c2cccc3ccccc23)C1c1cccc(OC(C)=O)c1. The van der Waals surface area contributed by atoms with E-state index in [0.717, 1.165) is 10.8 Å². The highest BCUT2D eigenvalue weighted by Crippen LogP contribution is 2.41. The van der Waals surface area contributed by atoms with E-state index in [1.165, 1.54) is 11.8 Å². The summed E-state index contributed by atoms with van der Waals surface area (Å²) in [6, 6.07) is 18.9. The second-order valence-corrected chi connectivity index (χ2v) is 7.69. The largest absolute Gasteiger partial charge is 0.507 e. The first kappa shape index (κ1) is 21.3. The van der Waals surface area contributed by atoms with Crippen molar-refractivity contribution in [2.24, 2.45) is 0 Å². The Kier molecular flexibility index (Phi) is 5.77. The number of aliphatic hydroxyl groups excluding tert-OH is 1. The highest BCUT2D eigenvalue weighted by Gasteiger charge is 2.45. The van der Waals surface area contributed by atoms with Gasteiger partial charge in [0, 0.05) is 19.0 Å². The Morgan fingerprint density at radius 2 is 1.75 bits per heavy atom. The van der Waals surface area contributed by atoms with Gasteiger partial charge in [-0.3, -0.25) is 14.4 Å². The first-order valence-corrected chi connectivity index (χ1v) is 10.5. The number of hydrogen-bond donors (Lipinski definition) is 1. The van der Waals surface area contributed by atoms with Crippen LogP contribution in [0.1, 0.15) is 37.4 Å². The molecule has 1 fully saturated rings. The Hall–Kier alpha value is -3.93. The van der Waals surface area contributed by atoms with Crippen molar-refractivity contribution in [1.29, 1.82) is 0 Å². The quantitative estimate of drug-likeness (QED) is 0.211. The molecule has 1 N–H and O–H groups in total. The number of aliphatic hydroxyl groups is 1. The maximum absolute atomic E-state index is 13.1. The van der Waals surface area contributed by atoms with Crippen LogP contribution < -0.4 is 4.74 Å². The van der Waals surface area contributed by atoms with Gasteiger partial charge < -0.3 is 14.7 Å². The monoisotopic (exact) mass is 429 g/mol. The van der Waals surface area contributed by atoms with E-state index in [4.69, 9.17) is 4.74 Å². The Morgan fingerprint density at radius 1 is 1.03 bits per heavy atom. The summed E-state index contributed by atoms with van der Waals surface area (Å²) in [6.45, 7) is 3.56. The van der Waals surface area contributed by atoms with Crippen LogP contribution in [0.2, 0.25) is 0 Å². The first-order valence-electron chi connectivity index (χ1n) is 10.5. The molecule has 1 unspecified atom stereocenters. The number of nitrogens with zero attached hydrogens (tertiary/aromatic N) is 1. The third-order valence-corrected chi connectivity index (χ3v) is 5.48. The summed E-state index contributed by atoms with van der Waals surface area (Å²) in [6.07, 6.45) is 0.640. The van der Waals surface area contributed by atoms with E-state index >= 15 is 0 Å². The fourth-order valence-electron chi connectivity index (χ4n) is 4.19. The lowest BCUT2D eigenvalue weighted by Gasteiger charge is -2.25. The van der Waals surface area contributed by atoms with E-state index in [1.807, 2.05) is 37.3 Å². The van der Waals surface area contributed by atoms with Crippen molar-refractivity contribution in [3.63, 3.8) is 0 Å². The summed E-state index contributed by atoms with van der Waals surface area (Å²) < 4.78 is 5.20. The average molecular weight is 429 g/mol. The molecule has 3 aromatic carbocycles. The third-order valence-electron chi connectivity index (χ3n) is 5.48. The van der Waals surface area contributed by atoms with Gasteiger partial charge in [-0.2, -0.15) is 0 Å². The van der Waals surface area contributed by atoms with Crippen molar-refractivity contribution in [1.82, 2.24) is 4.90 Å². The molecule has 0 bridgehead atoms. The average Bonchev–Trinajstić information content (AvgIpc) is 3.03. The molecule has 1 aliphatic rings. The van der Waals surface area contributed by atoms with Gasteiger partial charge in [0.2, 0.25) is 0 Å². The molecule has 6 nitrogen and oxygen atoms in total. The molecule has 3 aromatic rings. The number of likely N-dealkylation sites (tertiary alicyclic amines) is 1. The Balaban J connectivity index is 1.93. The molecule has 162 valence electrons. The van der Waals surface area contributed by atoms with Crippen molar-refractivity contribution >= 4 is 34.2 Å². The zero-order chi connectivity index (χ0) is 22.8. The van der Waals surface area contributed by atoms with Crippen LogP contribution in [0.5, 0.6) is 5.75 Å². The zero-order valence-electron chi connectivity index (χ0n) is 17.9. The van der Waals surface area contributed by atoms with Crippen molar-refractivity contribution in [2.45, 2.75) is 26.3 Å². The topological polar surface area (TPSA) is 83.9 Å². The molecule has 1 atom stereocenters. The van der Waals surface area contributed by atoms with Crippen molar-refractivity contribution in [3.05, 3.63) is 83.4 Å². The molecule has 4 rings (SSSR count). The molecule has 0 saturated carbocycles. The van der Waals surface area contributed by atoms with Gasteiger partial charge in [0.1, 0.15) is 11.5 Å². The molecule has 6 heteroatoms. The molecule has 1 heterocycles. The number of carbonyl (C=O) groups excluding carboxylic acids is 3. The lowest BCUT2D eigenvalue weighted by molar-refractivity contribution is -0.139. The van der Waals surface area contributed by atoms with Crippen LogP contribution in [0, 0.1) is 0 Å². The number of ether oxygens (including phenoxy) is 1. The summed E-state index contributed by atoms with van der Waals surface area (Å²) in [5.74, 6) is -1.77. The normalized spacial score (nSPS) is 17.7. The van der Waals surface area contributed by atoms with E-state index < -0.39 is 23.7 Å². The third kappa shape index (κ3) is 3.75. The maximum Gasteiger partial charge on any atom is 0.308 e. The molecule has 1 aliphatic heterocycles. The van der Waals surface area contributed by atoms with Gasteiger partial charge in [-0.15, -0.1) is 0 Å². The number of fused-ring (bicyclic) bond motifs is 1. The van der Waals surface area contributed by atoms with Gasteiger partial charge in [0.15, 0.2) is 0 Å². The number of ketones is 1. The van der Waals surface area contributed by atoms with Crippen molar-refractivity contribution in [2.75, 3.05) is 6.54 Å². The standard InChI is InChI=1S/C26H23NO5/c1-3-14-27-23(18-10-6-11-19(15-18)32-16(2)28)22(25(30)26(27)31)24(29)21-13-7-9-17-8-4-5-12-20(17)21/h4-13,15,23,29H,3,14H2,1-2H3/b24-22-. The van der Waals surface area contributed by atoms with Gasteiger partial charge in [-0.05, 0) is 34.9 Å². The zero-order valence-corrected chi connectivity index (χ0v) is 17.9. The van der Waals surface area contributed by atoms with Crippen LogP contribution in [-0.4, -0.2) is 34.2 Å². The lowest BCUT2D eigenvalue weighted by Crippen LogP contribution is -2.30. The number of Topliss-reactive ketones (excluding diaryl/α,β-unsaturated/α-hetero) is 1. The summed E-state index contributed by atoms with van der Waals surface area (Å²) in [5, 5.41) is 13.0. The number of hydrogen-bond acceptors (Lipinski definition) is 5. The van der Waals surface area contributed by atoms with Crippen molar-refractivity contribution < 1.29 is 24.2 Å². The van der Waals surface area contributed by atoms with Gasteiger partial charge in [0.05, 0.1) is 11.6 Å². The molecule has 0 aliphatic carbocycles. The lowest BCUT2D eigenvalue weighted by atomic mass is 9.93. The van der Waals surface area contributed by atoms with E-state index in [-0.39, 0.29) is 11.3 Å². The second kappa shape index (κ2) is 8.67. The van der Waals surface area contributed by atoms with Crippen LogP contribution in [0.3, 0.4) is 0 Å². The predicted molar refractivity (Wildman–Crippen MR) is 121 cm³/mol. The number of rotatable bonds is 5. The smallest absolute Gasteiger partial charge is 0.308 e. The number of esters is 1. The fourth-order valence-corrected chi connectivity index (χ4v) is 4.19. The minimum atomic E-state index is -0.788. The molecule has 1 saturated heterocycles. The van der Waals surface area contributed by atoms with E-state index in [0.29, 0.717) is 29.8 Å². The summed E-state index contributed by atoms with van der Waals surface area (Å²) in [7, 11) is 0. The summed E-state index contributed by atoms with van der Waals surface area (Å²) >= 11 is 0. The maximum atomic E-state index is 13.1.